The molecule has 23 heavy (non-hydrogen) atoms. The fourth-order valence-corrected chi connectivity index (χ4v) is 2.58. The topological polar surface area (TPSA) is 85.5 Å². The molecule has 0 aromatic carbocycles. The van der Waals surface area contributed by atoms with Crippen LogP contribution in [0.25, 0.3) is 11.2 Å². The Morgan fingerprint density at radius 2 is 2.17 bits per heavy atom. The Morgan fingerprint density at radius 3 is 2.83 bits per heavy atom. The smallest absolute Gasteiger partial charge is 0.277 e. The predicted octanol–water partition coefficient (Wildman–Crippen LogP) is 3.08. The summed E-state index contributed by atoms with van der Waals surface area (Å²) in [6.07, 6.45) is 4.25. The normalized spacial score (nSPS) is 13.8. The van der Waals surface area contributed by atoms with Crippen LogP contribution in [-0.2, 0) is 15.8 Å². The molecule has 0 unspecified atom stereocenters. The largest absolute Gasteiger partial charge is 0.369 e. The van der Waals surface area contributed by atoms with Crippen LogP contribution >= 0.6 is 28.3 Å². The number of halogens is 2. The van der Waals surface area contributed by atoms with E-state index in [0.29, 0.717) is 23.5 Å². The highest BCUT2D eigenvalue weighted by molar-refractivity contribution is 8.08. The zero-order chi connectivity index (χ0) is 17.0. The summed E-state index contributed by atoms with van der Waals surface area (Å²) in [7, 11) is 3.73. The van der Waals surface area contributed by atoms with Gasteiger partial charge < -0.3 is 14.2 Å². The highest BCUT2D eigenvalue weighted by Gasteiger charge is 2.17. The van der Waals surface area contributed by atoms with Gasteiger partial charge in [0.15, 0.2) is 17.0 Å². The van der Waals surface area contributed by atoms with Crippen LogP contribution in [0.15, 0.2) is 17.6 Å². The monoisotopic (exact) mass is 378 g/mol. The Balaban J connectivity index is 2.16. The molecule has 0 N–H and O–H groups in total. The number of nitrogens with zero attached hydrogens (tertiary/aromatic N) is 6. The van der Waals surface area contributed by atoms with E-state index in [1.165, 1.54) is 6.33 Å². The van der Waals surface area contributed by atoms with E-state index in [1.807, 2.05) is 25.6 Å². The molecule has 2 rings (SSSR count). The minimum absolute atomic E-state index is 0.197. The van der Waals surface area contributed by atoms with Gasteiger partial charge in [-0.05, 0) is 29.4 Å². The molecule has 0 spiro atoms. The van der Waals surface area contributed by atoms with Gasteiger partial charge in [-0.3, -0.25) is 4.57 Å². The summed E-state index contributed by atoms with van der Waals surface area (Å²) in [4.78, 5) is 18.7. The van der Waals surface area contributed by atoms with E-state index < -0.39 is 5.85 Å². The van der Waals surface area contributed by atoms with E-state index >= 15 is 0 Å². The molecule has 2 aromatic rings. The average molecular weight is 379 g/mol. The van der Waals surface area contributed by atoms with Gasteiger partial charge in [0.1, 0.15) is 12.7 Å². The summed E-state index contributed by atoms with van der Waals surface area (Å²) in [5.74, 6) is -2.75. The second kappa shape index (κ2) is 7.57. The van der Waals surface area contributed by atoms with Gasteiger partial charge in [0.2, 0.25) is 0 Å². The molecule has 126 valence electrons. The van der Waals surface area contributed by atoms with Crippen LogP contribution in [0, 0.1) is 0 Å². The third kappa shape index (κ3) is 5.42. The van der Waals surface area contributed by atoms with Gasteiger partial charge in [-0.25, -0.2) is 19.9 Å². The first kappa shape index (κ1) is 18.1. The molecule has 0 aliphatic rings. The van der Waals surface area contributed by atoms with Gasteiger partial charge in [0.25, 0.3) is 5.85 Å². The highest BCUT2D eigenvalue weighted by atomic mass is 35.9. The average Bonchev–Trinajstić information content (AvgIpc) is 2.86. The lowest BCUT2D eigenvalue weighted by Crippen LogP contribution is -2.16. The molecule has 0 radical (unpaired) electrons. The van der Waals surface area contributed by atoms with Crippen LogP contribution in [0.1, 0.15) is 6.92 Å². The highest BCUT2D eigenvalue weighted by Crippen LogP contribution is 2.56. The van der Waals surface area contributed by atoms with Gasteiger partial charge in [-0.1, -0.05) is 0 Å². The maximum atomic E-state index is 11.3. The quantitative estimate of drug-likeness (QED) is 0.418. The second-order valence-electron chi connectivity index (χ2n) is 5.15. The van der Waals surface area contributed by atoms with Gasteiger partial charge in [0, 0.05) is 14.1 Å². The van der Waals surface area contributed by atoms with Crippen molar-refractivity contribution in [2.45, 2.75) is 19.6 Å². The summed E-state index contributed by atoms with van der Waals surface area (Å²) in [5.41, 5.74) is 1.24. The van der Waals surface area contributed by atoms with Crippen molar-refractivity contribution in [2.75, 3.05) is 20.4 Å². The lowest BCUT2D eigenvalue weighted by atomic mass is 10.4. The molecule has 2 aromatic heterocycles. The molecule has 1 atom stereocenters. The molecule has 0 bridgehead atoms. The second-order valence-corrected chi connectivity index (χ2v) is 10.3. The molecule has 0 saturated heterocycles. The van der Waals surface area contributed by atoms with Crippen molar-refractivity contribution in [3.63, 3.8) is 0 Å². The van der Waals surface area contributed by atoms with Crippen molar-refractivity contribution in [1.82, 2.24) is 24.4 Å². The third-order valence-electron chi connectivity index (χ3n) is 2.76. The van der Waals surface area contributed by atoms with E-state index in [-0.39, 0.29) is 12.5 Å². The molecule has 0 fully saturated rings. The molecule has 11 heteroatoms. The van der Waals surface area contributed by atoms with Crippen LogP contribution in [-0.4, -0.2) is 57.3 Å². The lowest BCUT2D eigenvalue weighted by Gasteiger charge is -2.14. The fourth-order valence-electron chi connectivity index (χ4n) is 1.81. The first-order valence-electron chi connectivity index (χ1n) is 6.72. The zero-order valence-corrected chi connectivity index (χ0v) is 15.3. The number of ether oxygens (including phenoxy) is 1. The Hall–Kier alpha value is -1.21. The molecule has 0 amide bonds. The molecule has 8 nitrogen and oxygen atoms in total. The summed E-state index contributed by atoms with van der Waals surface area (Å²) >= 11 is 10.9. The van der Waals surface area contributed by atoms with Crippen molar-refractivity contribution < 1.29 is 9.30 Å². The lowest BCUT2D eigenvalue weighted by molar-refractivity contribution is 0.0884. The molecular weight excluding hydrogens is 362 g/mol. The summed E-state index contributed by atoms with van der Waals surface area (Å²) < 4.78 is 18.4. The maximum absolute atomic E-state index is 11.3. The Morgan fingerprint density at radius 1 is 1.43 bits per heavy atom. The molecule has 0 saturated carbocycles. The van der Waals surface area contributed by atoms with Gasteiger partial charge in [-0.2, -0.15) is 0 Å². The van der Waals surface area contributed by atoms with Crippen LogP contribution in [0.4, 0.5) is 5.82 Å². The van der Waals surface area contributed by atoms with Crippen molar-refractivity contribution in [3.8, 4) is 0 Å². The first-order valence-corrected chi connectivity index (χ1v) is 10.4. The van der Waals surface area contributed by atoms with Gasteiger partial charge in [0.05, 0.1) is 25.3 Å². The van der Waals surface area contributed by atoms with Crippen molar-refractivity contribution in [3.05, 3.63) is 12.7 Å². The van der Waals surface area contributed by atoms with E-state index in [2.05, 4.69) is 19.9 Å². The maximum Gasteiger partial charge on any atom is 0.277 e. The zero-order valence-electron chi connectivity index (χ0n) is 12.9. The number of imidazole rings is 1. The van der Waals surface area contributed by atoms with E-state index in [9.17, 15) is 4.57 Å². The van der Waals surface area contributed by atoms with Crippen LogP contribution in [0.3, 0.4) is 0 Å². The summed E-state index contributed by atoms with van der Waals surface area (Å²) in [6, 6.07) is 0. The number of hydrogen-bond donors (Lipinski definition) is 0. The van der Waals surface area contributed by atoms with Crippen LogP contribution in [0.2, 0.25) is 0 Å². The summed E-state index contributed by atoms with van der Waals surface area (Å²) in [5, 5.41) is 0. The molecule has 0 aliphatic heterocycles. The van der Waals surface area contributed by atoms with Crippen molar-refractivity contribution >= 4 is 51.6 Å². The molecule has 0 aliphatic carbocycles. The van der Waals surface area contributed by atoms with E-state index in [1.54, 1.807) is 17.6 Å². The fraction of sp³-hybridized carbons (Fsp3) is 0.500. The van der Waals surface area contributed by atoms with Gasteiger partial charge in [-0.15, -0.1) is 0 Å². The minimum Gasteiger partial charge on any atom is -0.369 e. The SMILES string of the molecule is C[C@H](Cn1cnc2c(N=CN(C)C)ncnc21)OCP(=O)(Cl)Cl. The third-order valence-corrected chi connectivity index (χ3v) is 3.79. The Bertz CT molecular complexity index is 744. The first-order chi connectivity index (χ1) is 10.8. The predicted molar refractivity (Wildman–Crippen MR) is 91.9 cm³/mol. The number of aliphatic imine (C=N–C) groups is 1. The molecule has 2 heterocycles. The van der Waals surface area contributed by atoms with Crippen LogP contribution in [0.5, 0.6) is 0 Å². The van der Waals surface area contributed by atoms with Gasteiger partial charge >= 0.3 is 0 Å². The molecular formula is C12H17Cl2N6O2P. The minimum atomic E-state index is -3.24. The van der Waals surface area contributed by atoms with Crippen LogP contribution < -0.4 is 0 Å². The van der Waals surface area contributed by atoms with E-state index in [0.717, 1.165) is 0 Å². The Kier molecular flexibility index (Phi) is 5.97. The van der Waals surface area contributed by atoms with Crippen molar-refractivity contribution in [2.24, 2.45) is 4.99 Å². The number of fused-ring (bicyclic) bond motifs is 1. The van der Waals surface area contributed by atoms with E-state index in [4.69, 9.17) is 27.2 Å². The van der Waals surface area contributed by atoms with Crippen molar-refractivity contribution in [1.29, 1.82) is 0 Å². The summed E-state index contributed by atoms with van der Waals surface area (Å²) in [6.45, 7) is 2.28. The standard InChI is InChI=1S/C12H17Cl2N6O2P/c1-9(22-8-23(13,14)21)4-20-7-17-10-11(18-6-19(2)3)15-5-16-12(10)20/h5-7,9H,4,8H2,1-3H3/t9-/m1/s1. The number of hydrogen-bond acceptors (Lipinski definition) is 6. The Labute approximate surface area is 143 Å². The number of aromatic nitrogens is 4. The number of rotatable bonds is 7.